The maximum absolute atomic E-state index is 11.2. The zero-order chi connectivity index (χ0) is 16.5. The van der Waals surface area contributed by atoms with Gasteiger partial charge in [-0.05, 0) is 6.42 Å². The fraction of sp³-hybridized carbons (Fsp3) is 0.750. The Hall–Kier alpha value is -0.480. The van der Waals surface area contributed by atoms with Gasteiger partial charge >= 0.3 is 23.2 Å². The summed E-state index contributed by atoms with van der Waals surface area (Å²) >= 11 is 0. The molecular weight excluding hydrogens is 332 g/mol. The van der Waals surface area contributed by atoms with Crippen LogP contribution in [0.4, 0.5) is 0 Å². The molecular formula is C8H17NO10P2. The van der Waals surface area contributed by atoms with Gasteiger partial charge in [0.15, 0.2) is 0 Å². The molecule has 21 heavy (non-hydrogen) atoms. The molecule has 0 aliphatic rings. The van der Waals surface area contributed by atoms with Crippen molar-refractivity contribution in [3.63, 3.8) is 0 Å². The van der Waals surface area contributed by atoms with Crippen LogP contribution in [0.15, 0.2) is 0 Å². The molecule has 0 aliphatic carbocycles. The molecule has 0 aliphatic heterocycles. The van der Waals surface area contributed by atoms with E-state index < -0.39 is 41.5 Å². The van der Waals surface area contributed by atoms with Crippen molar-refractivity contribution in [3.8, 4) is 0 Å². The van der Waals surface area contributed by atoms with E-state index in [0.29, 0.717) is 0 Å². The van der Waals surface area contributed by atoms with E-state index in [0.717, 1.165) is 0 Å². The van der Waals surface area contributed by atoms with Gasteiger partial charge in [-0.3, -0.25) is 18.6 Å². The Morgan fingerprint density at radius 2 is 1.57 bits per heavy atom. The molecule has 0 saturated carbocycles. The molecule has 0 aromatic heterocycles. The fourth-order valence-electron chi connectivity index (χ4n) is 1.21. The number of carbonyl (C=O) groups is 2. The van der Waals surface area contributed by atoms with Gasteiger partial charge in [0.1, 0.15) is 0 Å². The predicted molar refractivity (Wildman–Crippen MR) is 68.9 cm³/mol. The van der Waals surface area contributed by atoms with Crippen LogP contribution in [0.2, 0.25) is 0 Å². The average molecular weight is 349 g/mol. The van der Waals surface area contributed by atoms with Crippen LogP contribution in [0.3, 0.4) is 0 Å². The molecule has 0 fully saturated rings. The van der Waals surface area contributed by atoms with E-state index in [1.165, 1.54) is 0 Å². The molecule has 13 heteroatoms. The third-order valence-corrected chi connectivity index (χ3v) is 2.90. The second-order valence-electron chi connectivity index (χ2n) is 3.75. The predicted octanol–water partition coefficient (Wildman–Crippen LogP) is -1.15. The number of nitrogens with one attached hydrogen (secondary N) is 1. The standard InChI is InChI=1S/C8H17NO10P2/c10-6(2-3-7(11)12)9-5-1-4-8(13,18-20(14)15)19-21(16)17/h13-17H,1-5H2,(H,9,10)(H,11,12). The highest BCUT2D eigenvalue weighted by molar-refractivity contribution is 7.40. The van der Waals surface area contributed by atoms with Gasteiger partial charge in [-0.2, -0.15) is 0 Å². The number of hydrogen-bond donors (Lipinski definition) is 7. The topological polar surface area (TPSA) is 186 Å². The smallest absolute Gasteiger partial charge is 0.331 e. The largest absolute Gasteiger partial charge is 0.481 e. The number of aliphatic hydroxyl groups is 1. The summed E-state index contributed by atoms with van der Waals surface area (Å²) in [4.78, 5) is 56.0. The first-order valence-electron chi connectivity index (χ1n) is 5.59. The molecule has 0 unspecified atom stereocenters. The Balaban J connectivity index is 4.08. The molecule has 0 heterocycles. The normalized spacial score (nSPS) is 12.0. The van der Waals surface area contributed by atoms with E-state index >= 15 is 0 Å². The van der Waals surface area contributed by atoms with Gasteiger partial charge in [0.05, 0.1) is 6.42 Å². The second kappa shape index (κ2) is 10.3. The van der Waals surface area contributed by atoms with Crippen molar-refractivity contribution in [2.24, 2.45) is 0 Å². The molecule has 0 spiro atoms. The minimum atomic E-state index is -3.00. The lowest BCUT2D eigenvalue weighted by atomic mass is 10.2. The first-order valence-corrected chi connectivity index (χ1v) is 7.92. The van der Waals surface area contributed by atoms with Crippen molar-refractivity contribution in [2.45, 2.75) is 31.7 Å². The molecule has 0 bridgehead atoms. The van der Waals surface area contributed by atoms with Crippen LogP contribution in [-0.4, -0.2) is 54.2 Å². The van der Waals surface area contributed by atoms with E-state index in [2.05, 4.69) is 14.4 Å². The van der Waals surface area contributed by atoms with Gasteiger partial charge in [0.2, 0.25) is 5.91 Å². The van der Waals surface area contributed by atoms with Gasteiger partial charge < -0.3 is 35.1 Å². The number of rotatable bonds is 11. The minimum absolute atomic E-state index is 0.0110. The molecule has 11 nitrogen and oxygen atoms in total. The summed E-state index contributed by atoms with van der Waals surface area (Å²) in [5, 5.41) is 20.4. The summed E-state index contributed by atoms with van der Waals surface area (Å²) in [7, 11) is -6.01. The Morgan fingerprint density at radius 1 is 1.05 bits per heavy atom. The summed E-state index contributed by atoms with van der Waals surface area (Å²) in [5.74, 6) is -4.24. The van der Waals surface area contributed by atoms with Crippen molar-refractivity contribution >= 4 is 29.1 Å². The highest BCUT2D eigenvalue weighted by atomic mass is 31.2. The third-order valence-electron chi connectivity index (χ3n) is 2.01. The van der Waals surface area contributed by atoms with Gasteiger partial charge in [-0.25, -0.2) is 0 Å². The van der Waals surface area contributed by atoms with Crippen molar-refractivity contribution in [3.05, 3.63) is 0 Å². The number of aliphatic carboxylic acids is 1. The van der Waals surface area contributed by atoms with E-state index in [1.54, 1.807) is 0 Å². The van der Waals surface area contributed by atoms with Crippen LogP contribution in [0, 0.1) is 0 Å². The quantitative estimate of drug-likeness (QED) is 0.136. The maximum Gasteiger partial charge on any atom is 0.331 e. The summed E-state index contributed by atoms with van der Waals surface area (Å²) < 4.78 is 8.50. The Labute approximate surface area is 122 Å². The number of amides is 1. The third kappa shape index (κ3) is 11.8. The van der Waals surface area contributed by atoms with Gasteiger partial charge in [0.25, 0.3) is 5.97 Å². The van der Waals surface area contributed by atoms with Crippen LogP contribution >= 0.6 is 17.2 Å². The van der Waals surface area contributed by atoms with Crippen LogP contribution in [0.25, 0.3) is 0 Å². The van der Waals surface area contributed by atoms with Crippen LogP contribution < -0.4 is 5.32 Å². The van der Waals surface area contributed by atoms with E-state index in [1.807, 2.05) is 0 Å². The van der Waals surface area contributed by atoms with Gasteiger partial charge in [-0.1, -0.05) is 0 Å². The van der Waals surface area contributed by atoms with E-state index in [4.69, 9.17) is 24.7 Å². The molecule has 0 rings (SSSR count). The zero-order valence-electron chi connectivity index (χ0n) is 10.7. The molecule has 0 saturated heterocycles. The molecule has 1 amide bonds. The van der Waals surface area contributed by atoms with E-state index in [-0.39, 0.29) is 25.8 Å². The minimum Gasteiger partial charge on any atom is -0.481 e. The maximum atomic E-state index is 11.2. The number of carboxylic acids is 1. The Bertz CT molecular complexity index is 329. The monoisotopic (exact) mass is 349 g/mol. The average Bonchev–Trinajstić information content (AvgIpc) is 2.30. The van der Waals surface area contributed by atoms with Crippen LogP contribution in [0.1, 0.15) is 25.7 Å². The summed E-state index contributed by atoms with van der Waals surface area (Å²) in [6, 6.07) is 0. The first-order chi connectivity index (χ1) is 9.64. The molecule has 0 radical (unpaired) electrons. The Morgan fingerprint density at radius 3 is 2.00 bits per heavy atom. The highest BCUT2D eigenvalue weighted by Gasteiger charge is 2.35. The Kier molecular flexibility index (Phi) is 10.0. The summed E-state index contributed by atoms with van der Waals surface area (Å²) in [5.41, 5.74) is 0. The first kappa shape index (κ1) is 20.5. The number of hydrogen-bond acceptors (Lipinski definition) is 9. The van der Waals surface area contributed by atoms with Gasteiger partial charge in [0, 0.05) is 19.4 Å². The second-order valence-corrected chi connectivity index (χ2v) is 5.12. The molecule has 0 atom stereocenters. The fourth-order valence-corrected chi connectivity index (χ4v) is 2.04. The molecule has 124 valence electrons. The van der Waals surface area contributed by atoms with E-state index in [9.17, 15) is 14.7 Å². The van der Waals surface area contributed by atoms with Crippen molar-refractivity contribution in [2.75, 3.05) is 6.54 Å². The van der Waals surface area contributed by atoms with Crippen molar-refractivity contribution in [1.29, 1.82) is 0 Å². The number of carbonyl (C=O) groups excluding carboxylic acids is 1. The van der Waals surface area contributed by atoms with Crippen LogP contribution in [0.5, 0.6) is 0 Å². The lowest BCUT2D eigenvalue weighted by Gasteiger charge is -2.27. The summed E-state index contributed by atoms with van der Waals surface area (Å²) in [6.45, 7) is 0.0110. The zero-order valence-corrected chi connectivity index (χ0v) is 12.5. The molecule has 7 N–H and O–H groups in total. The van der Waals surface area contributed by atoms with Crippen molar-refractivity contribution < 1.29 is 48.4 Å². The lowest BCUT2D eigenvalue weighted by molar-refractivity contribution is -0.282. The van der Waals surface area contributed by atoms with Crippen molar-refractivity contribution in [1.82, 2.24) is 5.32 Å². The molecule has 0 aromatic carbocycles. The van der Waals surface area contributed by atoms with Crippen LogP contribution in [-0.2, 0) is 18.6 Å². The summed E-state index contributed by atoms with van der Waals surface area (Å²) in [6.07, 6.45) is -0.891. The van der Waals surface area contributed by atoms with Gasteiger partial charge in [-0.15, -0.1) is 0 Å². The lowest BCUT2D eigenvalue weighted by Crippen LogP contribution is -2.34. The highest BCUT2D eigenvalue weighted by Crippen LogP contribution is 2.41. The molecule has 0 aromatic rings. The number of carboxylic acid groups (broad SMARTS) is 1. The SMILES string of the molecule is O=C(O)CCC(=O)NCCCC(O)(OP(O)O)OP(O)O.